The molecule has 0 aromatic heterocycles. The second-order valence-electron chi connectivity index (χ2n) is 7.97. The van der Waals surface area contributed by atoms with Crippen molar-refractivity contribution in [2.24, 2.45) is 4.99 Å². The van der Waals surface area contributed by atoms with Crippen LogP contribution in [0.5, 0.6) is 0 Å². The molecule has 1 fully saturated rings. The number of hydroxylamine groups is 2. The van der Waals surface area contributed by atoms with Crippen molar-refractivity contribution in [2.45, 2.75) is 39.3 Å². The lowest BCUT2D eigenvalue weighted by Crippen LogP contribution is -2.45. The van der Waals surface area contributed by atoms with Crippen molar-refractivity contribution in [3.63, 3.8) is 0 Å². The molecule has 0 saturated carbocycles. The number of anilines is 1. The summed E-state index contributed by atoms with van der Waals surface area (Å²) in [5.74, 6) is 0.0476. The van der Waals surface area contributed by atoms with Crippen molar-refractivity contribution in [1.29, 1.82) is 0 Å². The molecule has 1 unspecified atom stereocenters. The molecule has 0 bridgehead atoms. The van der Waals surface area contributed by atoms with Crippen LogP contribution in [0.4, 0.5) is 15.3 Å². The van der Waals surface area contributed by atoms with Crippen LogP contribution in [0, 0.1) is 0 Å². The van der Waals surface area contributed by atoms with Gasteiger partial charge in [0.05, 0.1) is 19.4 Å². The van der Waals surface area contributed by atoms with E-state index in [9.17, 15) is 14.2 Å². The van der Waals surface area contributed by atoms with Crippen molar-refractivity contribution >= 4 is 31.2 Å². The summed E-state index contributed by atoms with van der Waals surface area (Å²) < 4.78 is 23.8. The average molecular weight is 503 g/mol. The largest absolute Gasteiger partial charge is 0.348 e. The van der Waals surface area contributed by atoms with E-state index in [2.05, 4.69) is 15.6 Å². The summed E-state index contributed by atoms with van der Waals surface area (Å²) in [4.78, 5) is 35.6. The van der Waals surface area contributed by atoms with Crippen LogP contribution < -0.4 is 10.6 Å². The van der Waals surface area contributed by atoms with E-state index in [1.807, 2.05) is 36.4 Å². The Kier molecular flexibility index (Phi) is 9.17. The molecule has 0 spiro atoms. The van der Waals surface area contributed by atoms with Crippen molar-refractivity contribution in [3.8, 4) is 0 Å². The molecule has 10 nitrogen and oxygen atoms in total. The quantitative estimate of drug-likeness (QED) is 0.408. The molecule has 2 aromatic rings. The van der Waals surface area contributed by atoms with E-state index in [0.717, 1.165) is 10.6 Å². The van der Waals surface area contributed by atoms with E-state index in [0.29, 0.717) is 5.69 Å². The Balaban J connectivity index is 1.86. The minimum absolute atomic E-state index is 0.0112. The number of carbonyl (C=O) groups excluding carboxylic acids is 2. The number of nitrogens with zero attached hydrogens (tertiary/aromatic N) is 2. The number of benzene rings is 2. The molecule has 0 radical (unpaired) electrons. The first-order chi connectivity index (χ1) is 16.8. The highest BCUT2D eigenvalue weighted by atomic mass is 31.2. The third-order valence-electron chi connectivity index (χ3n) is 5.23. The van der Waals surface area contributed by atoms with Gasteiger partial charge in [-0.3, -0.25) is 9.40 Å². The summed E-state index contributed by atoms with van der Waals surface area (Å²) in [5.41, 5.74) is 0.222. The van der Waals surface area contributed by atoms with E-state index >= 15 is 0 Å². The number of aliphatic imine (C=N–C) groups is 1. The highest BCUT2D eigenvalue weighted by Crippen LogP contribution is 2.49. The fourth-order valence-corrected chi connectivity index (χ4v) is 5.37. The zero-order chi connectivity index (χ0) is 25.3. The number of amidine groups is 1. The van der Waals surface area contributed by atoms with Crippen LogP contribution >= 0.6 is 7.60 Å². The summed E-state index contributed by atoms with van der Waals surface area (Å²) in [6, 6.07) is 16.9. The van der Waals surface area contributed by atoms with E-state index in [1.165, 1.54) is 0 Å². The van der Waals surface area contributed by atoms with Gasteiger partial charge in [0.15, 0.2) is 5.84 Å². The predicted octanol–water partition coefficient (Wildman–Crippen LogP) is 5.19. The van der Waals surface area contributed by atoms with E-state index < -0.39 is 25.2 Å². The predicted molar refractivity (Wildman–Crippen MR) is 133 cm³/mol. The molecule has 1 saturated heterocycles. The fourth-order valence-electron chi connectivity index (χ4n) is 3.53. The fraction of sp³-hybridized carbons (Fsp3) is 0.375. The molecular weight excluding hydrogens is 471 g/mol. The Labute approximate surface area is 205 Å². The number of urea groups is 2. The van der Waals surface area contributed by atoms with Crippen LogP contribution in [-0.2, 0) is 25.1 Å². The monoisotopic (exact) mass is 502 g/mol. The molecule has 2 aromatic carbocycles. The summed E-state index contributed by atoms with van der Waals surface area (Å²) in [5, 5.41) is 6.46. The minimum Gasteiger partial charge on any atom is -0.323 e. The Hall–Kier alpha value is -3.04. The molecule has 1 aliphatic heterocycles. The van der Waals surface area contributed by atoms with Gasteiger partial charge in [-0.15, -0.1) is 0 Å². The van der Waals surface area contributed by atoms with Crippen molar-refractivity contribution in [3.05, 3.63) is 66.2 Å². The van der Waals surface area contributed by atoms with E-state index in [-0.39, 0.29) is 38.2 Å². The van der Waals surface area contributed by atoms with Crippen LogP contribution in [0.25, 0.3) is 0 Å². The van der Waals surface area contributed by atoms with Crippen LogP contribution in [0.2, 0.25) is 0 Å². The standard InChI is InChI=1S/C24H31N4O6P/c1-4-33-35(31,34-5-2)17-16-24(3)21(26-22(29)25-20-14-10-7-11-15-20)28(23(30)27-24)32-18-19-12-8-6-9-13-19/h6-15H,4-5,16-18H2,1-3H3,(H,25,29)(H,27,30). The van der Waals surface area contributed by atoms with Gasteiger partial charge in [0.25, 0.3) is 0 Å². The molecule has 35 heavy (non-hydrogen) atoms. The Morgan fingerprint density at radius 3 is 2.26 bits per heavy atom. The van der Waals surface area contributed by atoms with Gasteiger partial charge in [-0.25, -0.2) is 9.59 Å². The zero-order valence-electron chi connectivity index (χ0n) is 20.1. The Morgan fingerprint density at radius 1 is 1.06 bits per heavy atom. The van der Waals surface area contributed by atoms with Crippen molar-refractivity contribution in [2.75, 3.05) is 24.7 Å². The lowest BCUT2D eigenvalue weighted by Gasteiger charge is -2.27. The first kappa shape index (κ1) is 26.6. The number of hydrogen-bond acceptors (Lipinski definition) is 6. The number of para-hydroxylation sites is 1. The smallest absolute Gasteiger partial charge is 0.323 e. The normalized spacial score (nSPS) is 19.1. The van der Waals surface area contributed by atoms with Gasteiger partial charge in [0.2, 0.25) is 0 Å². The van der Waals surface area contributed by atoms with Crippen LogP contribution in [0.3, 0.4) is 0 Å². The summed E-state index contributed by atoms with van der Waals surface area (Å²) in [6.07, 6.45) is 0.149. The number of carbonyl (C=O) groups is 2. The van der Waals surface area contributed by atoms with Crippen molar-refractivity contribution < 1.29 is 28.0 Å². The number of rotatable bonds is 11. The third-order valence-corrected chi connectivity index (χ3v) is 7.30. The maximum absolute atomic E-state index is 13.0. The lowest BCUT2D eigenvalue weighted by molar-refractivity contribution is -0.0681. The van der Waals surface area contributed by atoms with Crippen LogP contribution in [-0.4, -0.2) is 47.9 Å². The van der Waals surface area contributed by atoms with Gasteiger partial charge < -0.3 is 19.7 Å². The molecule has 0 aliphatic carbocycles. The lowest BCUT2D eigenvalue weighted by atomic mass is 9.99. The van der Waals surface area contributed by atoms with Gasteiger partial charge in [0, 0.05) is 5.69 Å². The Morgan fingerprint density at radius 2 is 1.66 bits per heavy atom. The summed E-state index contributed by atoms with van der Waals surface area (Å²) in [6.45, 7) is 5.66. The first-order valence-electron chi connectivity index (χ1n) is 11.4. The summed E-state index contributed by atoms with van der Waals surface area (Å²) in [7, 11) is -3.40. The summed E-state index contributed by atoms with van der Waals surface area (Å²) >= 11 is 0. The number of amides is 4. The number of nitrogens with one attached hydrogen (secondary N) is 2. The maximum Gasteiger partial charge on any atom is 0.348 e. The zero-order valence-corrected chi connectivity index (χ0v) is 21.0. The molecule has 188 valence electrons. The molecule has 11 heteroatoms. The SMILES string of the molecule is CCOP(=O)(CCC1(C)NC(=O)N(OCc2ccccc2)C1=NC(=O)Nc1ccccc1)OCC. The number of hydrogen-bond donors (Lipinski definition) is 2. The molecule has 1 atom stereocenters. The minimum atomic E-state index is -3.40. The molecule has 1 aliphatic rings. The molecular formula is C24H31N4O6P. The molecule has 2 N–H and O–H groups in total. The highest BCUT2D eigenvalue weighted by molar-refractivity contribution is 7.53. The van der Waals surface area contributed by atoms with Gasteiger partial charge >= 0.3 is 19.7 Å². The molecule has 1 heterocycles. The topological polar surface area (TPSA) is 119 Å². The second kappa shape index (κ2) is 12.1. The van der Waals surface area contributed by atoms with E-state index in [4.69, 9.17) is 13.9 Å². The second-order valence-corrected chi connectivity index (χ2v) is 10.2. The van der Waals surface area contributed by atoms with Gasteiger partial charge in [0.1, 0.15) is 12.1 Å². The van der Waals surface area contributed by atoms with Crippen LogP contribution in [0.15, 0.2) is 65.7 Å². The van der Waals surface area contributed by atoms with Crippen LogP contribution in [0.1, 0.15) is 32.8 Å². The third kappa shape index (κ3) is 7.22. The average Bonchev–Trinajstić information content (AvgIpc) is 3.07. The van der Waals surface area contributed by atoms with Crippen molar-refractivity contribution in [1.82, 2.24) is 10.4 Å². The highest BCUT2D eigenvalue weighted by Gasteiger charge is 2.48. The van der Waals surface area contributed by atoms with Gasteiger partial charge in [-0.05, 0) is 44.9 Å². The maximum atomic E-state index is 13.0. The van der Waals surface area contributed by atoms with Gasteiger partial charge in [-0.1, -0.05) is 48.5 Å². The van der Waals surface area contributed by atoms with Gasteiger partial charge in [-0.2, -0.15) is 10.1 Å². The molecule has 3 rings (SSSR count). The Bertz CT molecular complexity index is 1070. The first-order valence-corrected chi connectivity index (χ1v) is 13.1. The molecule has 4 amide bonds. The van der Waals surface area contributed by atoms with E-state index in [1.54, 1.807) is 45.0 Å².